The molecule has 3 N–H and O–H groups in total. The van der Waals surface area contributed by atoms with Crippen molar-refractivity contribution < 1.29 is 23.2 Å². The van der Waals surface area contributed by atoms with Crippen LogP contribution in [0.2, 0.25) is 6.04 Å². The second-order valence-electron chi connectivity index (χ2n) is 9.46. The number of hydrogen-bond donors (Lipinski definition) is 2. The lowest BCUT2D eigenvalue weighted by Gasteiger charge is -2.28. The summed E-state index contributed by atoms with van der Waals surface area (Å²) >= 11 is 0. The van der Waals surface area contributed by atoms with Crippen LogP contribution in [0.25, 0.3) is 0 Å². The molecule has 0 aliphatic heterocycles. The third kappa shape index (κ3) is 9.83. The average Bonchev–Trinajstić information content (AvgIpc) is 2.66. The zero-order chi connectivity index (χ0) is 24.3. The average molecular weight is 456 g/mol. The summed E-state index contributed by atoms with van der Waals surface area (Å²) in [6.45, 7) is 20.6. The van der Waals surface area contributed by atoms with Crippen molar-refractivity contribution in [3.05, 3.63) is 28.8 Å². The molecule has 0 heterocycles. The zero-order valence-corrected chi connectivity index (χ0v) is 22.1. The molecular formula is C24H45NO5Si. The first kappa shape index (κ1) is 29.7. The Morgan fingerprint density at radius 2 is 1.29 bits per heavy atom. The Kier molecular flexibility index (Phi) is 12.8. The van der Waals surface area contributed by atoms with Crippen LogP contribution >= 0.6 is 0 Å². The second kappa shape index (κ2) is 13.3. The van der Waals surface area contributed by atoms with Crippen LogP contribution in [0.4, 0.5) is 0 Å². The molecule has 31 heavy (non-hydrogen) atoms. The third-order valence-corrected chi connectivity index (χ3v) is 7.82. The molecule has 0 bridgehead atoms. The lowest BCUT2D eigenvalue weighted by Crippen LogP contribution is -2.46. The highest BCUT2D eigenvalue weighted by Crippen LogP contribution is 2.39. The van der Waals surface area contributed by atoms with Crippen molar-refractivity contribution in [3.8, 4) is 5.75 Å². The Bertz CT molecular complexity index is 613. The summed E-state index contributed by atoms with van der Waals surface area (Å²) in [4.78, 5) is 11.0. The Morgan fingerprint density at radius 1 is 0.903 bits per heavy atom. The molecule has 0 fully saturated rings. The van der Waals surface area contributed by atoms with Crippen LogP contribution in [0.3, 0.4) is 0 Å². The molecule has 0 amide bonds. The lowest BCUT2D eigenvalue weighted by atomic mass is 9.78. The van der Waals surface area contributed by atoms with E-state index in [0.717, 1.165) is 29.9 Å². The van der Waals surface area contributed by atoms with Crippen molar-refractivity contribution in [1.29, 1.82) is 0 Å². The Hall–Kier alpha value is -1.25. The van der Waals surface area contributed by atoms with E-state index in [1.54, 1.807) is 12.1 Å². The van der Waals surface area contributed by atoms with Gasteiger partial charge in [-0.3, -0.25) is 4.79 Å². The topological polar surface area (TPSA) is 91.0 Å². The summed E-state index contributed by atoms with van der Waals surface area (Å²) in [5, 5.41) is 10.4. The molecule has 0 aliphatic rings. The monoisotopic (exact) mass is 455 g/mol. The number of phenolic OH excluding ortho intramolecular Hbond substituents is 1. The molecule has 0 unspecified atom stereocenters. The zero-order valence-electron chi connectivity index (χ0n) is 21.1. The summed E-state index contributed by atoms with van der Waals surface area (Å²) < 4.78 is 17.0. The minimum atomic E-state index is -2.40. The van der Waals surface area contributed by atoms with Crippen molar-refractivity contribution in [2.24, 2.45) is 5.73 Å². The van der Waals surface area contributed by atoms with Gasteiger partial charge in [-0.25, -0.2) is 0 Å². The summed E-state index contributed by atoms with van der Waals surface area (Å²) in [6.07, 6.45) is 1.73. The fraction of sp³-hybridized carbons (Fsp3) is 0.708. The van der Waals surface area contributed by atoms with Crippen molar-refractivity contribution in [2.75, 3.05) is 26.4 Å². The highest BCUT2D eigenvalue weighted by atomic mass is 28.4. The van der Waals surface area contributed by atoms with E-state index in [4.69, 9.17) is 19.0 Å². The van der Waals surface area contributed by atoms with E-state index in [-0.39, 0.29) is 10.8 Å². The highest BCUT2D eigenvalue weighted by molar-refractivity contribution is 6.60. The normalized spacial score (nSPS) is 12.3. The quantitative estimate of drug-likeness (QED) is 0.373. The minimum Gasteiger partial charge on any atom is -0.507 e. The van der Waals surface area contributed by atoms with Crippen molar-refractivity contribution >= 4 is 15.1 Å². The number of benzene rings is 1. The number of hydrogen-bond acceptors (Lipinski definition) is 6. The SMILES string of the molecule is CC(C)(C)c1cc(C=O)cc(C(C)(C)C)c1O.CCO[Si](CCCN)(OCC)OCC. The van der Waals surface area contributed by atoms with E-state index >= 15 is 0 Å². The first-order valence-corrected chi connectivity index (χ1v) is 13.2. The molecule has 0 aliphatic carbocycles. The number of phenols is 1. The van der Waals surface area contributed by atoms with Gasteiger partial charge < -0.3 is 24.1 Å². The Labute approximate surface area is 190 Å². The van der Waals surface area contributed by atoms with Crippen molar-refractivity contribution in [1.82, 2.24) is 0 Å². The van der Waals surface area contributed by atoms with Crippen molar-refractivity contribution in [2.45, 2.75) is 85.6 Å². The third-order valence-electron chi connectivity index (χ3n) is 4.66. The van der Waals surface area contributed by atoms with Gasteiger partial charge in [-0.2, -0.15) is 0 Å². The molecule has 0 spiro atoms. The van der Waals surface area contributed by atoms with Gasteiger partial charge in [-0.15, -0.1) is 0 Å². The Balaban J connectivity index is 0.000000594. The number of nitrogens with two attached hydrogens (primary N) is 1. The van der Waals surface area contributed by atoms with Crippen LogP contribution in [0, 0.1) is 0 Å². The summed E-state index contributed by atoms with van der Waals surface area (Å²) in [5.41, 5.74) is 7.40. The van der Waals surface area contributed by atoms with Gasteiger partial charge in [0.2, 0.25) is 0 Å². The van der Waals surface area contributed by atoms with Crippen LogP contribution in [-0.4, -0.2) is 46.6 Å². The van der Waals surface area contributed by atoms with Crippen molar-refractivity contribution in [3.63, 3.8) is 0 Å². The number of rotatable bonds is 10. The summed E-state index contributed by atoms with van der Waals surface area (Å²) in [6, 6.07) is 4.37. The molecule has 0 radical (unpaired) electrons. The molecule has 1 aromatic carbocycles. The van der Waals surface area contributed by atoms with E-state index in [1.807, 2.05) is 62.3 Å². The van der Waals surface area contributed by atoms with Crippen LogP contribution in [-0.2, 0) is 24.1 Å². The number of carbonyl (C=O) groups excluding carboxylic acids is 1. The molecule has 0 atom stereocenters. The molecule has 1 aromatic rings. The smallest absolute Gasteiger partial charge is 0.500 e. The largest absolute Gasteiger partial charge is 0.507 e. The highest BCUT2D eigenvalue weighted by Gasteiger charge is 2.39. The summed E-state index contributed by atoms with van der Waals surface area (Å²) in [7, 11) is -2.40. The van der Waals surface area contributed by atoms with Crippen LogP contribution in [0.15, 0.2) is 12.1 Å². The van der Waals surface area contributed by atoms with Crippen LogP contribution < -0.4 is 5.73 Å². The number of aldehydes is 1. The second-order valence-corrected chi connectivity index (χ2v) is 12.2. The maximum absolute atomic E-state index is 11.0. The van der Waals surface area contributed by atoms with Crippen LogP contribution in [0.5, 0.6) is 5.75 Å². The van der Waals surface area contributed by atoms with E-state index in [1.165, 1.54) is 0 Å². The van der Waals surface area contributed by atoms with E-state index < -0.39 is 8.80 Å². The first-order chi connectivity index (χ1) is 14.3. The molecule has 7 heteroatoms. The molecule has 1 rings (SSSR count). The van der Waals surface area contributed by atoms with Gasteiger partial charge in [0.1, 0.15) is 12.0 Å². The fourth-order valence-electron chi connectivity index (χ4n) is 3.19. The van der Waals surface area contributed by atoms with Crippen LogP contribution in [0.1, 0.15) is 90.2 Å². The maximum Gasteiger partial charge on any atom is 0.500 e. The molecule has 0 saturated carbocycles. The van der Waals surface area contributed by atoms with Gasteiger partial charge in [-0.1, -0.05) is 41.5 Å². The fourth-order valence-corrected chi connectivity index (χ4v) is 5.83. The Morgan fingerprint density at radius 3 is 1.55 bits per heavy atom. The van der Waals surface area contributed by atoms with E-state index in [2.05, 4.69) is 0 Å². The molecule has 0 saturated heterocycles. The predicted molar refractivity (Wildman–Crippen MR) is 130 cm³/mol. The standard InChI is InChI=1S/C15H22O2.C9H23NO3Si/c1-14(2,3)11-7-10(9-16)8-12(13(11)17)15(4,5)6;1-4-11-14(12-5-2,13-6-3)9-7-8-10/h7-9,17H,1-6H3;4-10H2,1-3H3. The molecule has 6 nitrogen and oxygen atoms in total. The molecular weight excluding hydrogens is 410 g/mol. The van der Waals surface area contributed by atoms with Gasteiger partial charge in [0.05, 0.1) is 0 Å². The van der Waals surface area contributed by atoms with Gasteiger partial charge in [0.25, 0.3) is 0 Å². The van der Waals surface area contributed by atoms with Gasteiger partial charge in [0, 0.05) is 42.6 Å². The number of carbonyl (C=O) groups is 1. The van der Waals surface area contributed by atoms with Gasteiger partial charge in [-0.05, 0) is 56.7 Å². The minimum absolute atomic E-state index is 0.177. The van der Waals surface area contributed by atoms with Gasteiger partial charge in [0.15, 0.2) is 0 Å². The molecule has 0 aromatic heterocycles. The molecule has 180 valence electrons. The predicted octanol–water partition coefficient (Wildman–Crippen LogP) is 5.18. The van der Waals surface area contributed by atoms with E-state index in [9.17, 15) is 9.90 Å². The maximum atomic E-state index is 11.0. The lowest BCUT2D eigenvalue weighted by molar-refractivity contribution is 0.0709. The van der Waals surface area contributed by atoms with Gasteiger partial charge >= 0.3 is 8.80 Å². The number of aromatic hydroxyl groups is 1. The van der Waals surface area contributed by atoms with E-state index in [0.29, 0.717) is 37.7 Å². The first-order valence-electron chi connectivity index (χ1n) is 11.3. The summed E-state index contributed by atoms with van der Waals surface area (Å²) in [5.74, 6) is 0.315.